The molecule has 0 saturated carbocycles. The highest BCUT2D eigenvalue weighted by atomic mass is 35.5. The standard InChI is InChI=1S/C12H16ClN3/c1-8-4-10(6-15-12(8)13)16-7-9-5-14-3-2-11(9)16/h4,6,9,11,14H,2-3,5,7H2,1H3/t9-,11-/m0/s1. The minimum absolute atomic E-state index is 0.617. The maximum atomic E-state index is 5.94. The van der Waals surface area contributed by atoms with Gasteiger partial charge in [-0.2, -0.15) is 0 Å². The minimum Gasteiger partial charge on any atom is -0.366 e. The third-order valence-corrected chi connectivity index (χ3v) is 4.13. The lowest BCUT2D eigenvalue weighted by molar-refractivity contribution is 0.230. The lowest BCUT2D eigenvalue weighted by Gasteiger charge is -2.52. The zero-order valence-electron chi connectivity index (χ0n) is 9.41. The summed E-state index contributed by atoms with van der Waals surface area (Å²) >= 11 is 5.94. The fraction of sp³-hybridized carbons (Fsp3) is 0.583. The zero-order chi connectivity index (χ0) is 11.1. The molecule has 0 amide bonds. The van der Waals surface area contributed by atoms with Gasteiger partial charge < -0.3 is 10.2 Å². The number of halogens is 1. The maximum absolute atomic E-state index is 5.94. The van der Waals surface area contributed by atoms with Crippen molar-refractivity contribution < 1.29 is 0 Å². The molecule has 2 fully saturated rings. The van der Waals surface area contributed by atoms with Crippen LogP contribution in [0.15, 0.2) is 12.3 Å². The van der Waals surface area contributed by atoms with Crippen LogP contribution in [0.5, 0.6) is 0 Å². The fourth-order valence-corrected chi connectivity index (χ4v) is 2.86. The van der Waals surface area contributed by atoms with E-state index in [1.54, 1.807) is 0 Å². The van der Waals surface area contributed by atoms with Crippen molar-refractivity contribution in [1.82, 2.24) is 10.3 Å². The van der Waals surface area contributed by atoms with Gasteiger partial charge in [0.25, 0.3) is 0 Å². The molecule has 0 spiro atoms. The van der Waals surface area contributed by atoms with E-state index in [0.717, 1.165) is 24.6 Å². The van der Waals surface area contributed by atoms with E-state index >= 15 is 0 Å². The van der Waals surface area contributed by atoms with E-state index in [2.05, 4.69) is 21.3 Å². The molecule has 16 heavy (non-hydrogen) atoms. The molecule has 3 rings (SSSR count). The predicted octanol–water partition coefficient (Wildman–Crippen LogP) is 1.84. The van der Waals surface area contributed by atoms with E-state index < -0.39 is 0 Å². The van der Waals surface area contributed by atoms with Crippen LogP contribution in [0, 0.1) is 12.8 Å². The van der Waals surface area contributed by atoms with Crippen molar-refractivity contribution in [3.05, 3.63) is 23.0 Å². The summed E-state index contributed by atoms with van der Waals surface area (Å²) < 4.78 is 0. The van der Waals surface area contributed by atoms with Crippen LogP contribution in [0.1, 0.15) is 12.0 Å². The van der Waals surface area contributed by atoms with Gasteiger partial charge in [0.1, 0.15) is 5.15 Å². The molecule has 2 saturated heterocycles. The Morgan fingerprint density at radius 1 is 1.56 bits per heavy atom. The monoisotopic (exact) mass is 237 g/mol. The van der Waals surface area contributed by atoms with E-state index in [9.17, 15) is 0 Å². The zero-order valence-corrected chi connectivity index (χ0v) is 10.2. The first kappa shape index (κ1) is 10.4. The molecular weight excluding hydrogens is 222 g/mol. The molecule has 0 unspecified atom stereocenters. The number of aryl methyl sites for hydroxylation is 1. The van der Waals surface area contributed by atoms with E-state index in [1.807, 2.05) is 13.1 Å². The Morgan fingerprint density at radius 2 is 2.44 bits per heavy atom. The van der Waals surface area contributed by atoms with Crippen LogP contribution in [0.4, 0.5) is 5.69 Å². The van der Waals surface area contributed by atoms with Gasteiger partial charge in [0, 0.05) is 25.0 Å². The number of anilines is 1. The first-order valence-corrected chi connectivity index (χ1v) is 6.23. The van der Waals surface area contributed by atoms with Crippen LogP contribution in [-0.4, -0.2) is 30.7 Å². The second kappa shape index (κ2) is 3.90. The summed E-state index contributed by atoms with van der Waals surface area (Å²) in [6.07, 6.45) is 3.14. The Bertz CT molecular complexity index is 407. The molecular formula is C12H16ClN3. The number of pyridine rings is 1. The molecule has 1 aromatic heterocycles. The van der Waals surface area contributed by atoms with Crippen LogP contribution < -0.4 is 10.2 Å². The van der Waals surface area contributed by atoms with Crippen molar-refractivity contribution in [3.63, 3.8) is 0 Å². The van der Waals surface area contributed by atoms with Gasteiger partial charge in [0.2, 0.25) is 0 Å². The summed E-state index contributed by atoms with van der Waals surface area (Å²) in [4.78, 5) is 6.69. The second-order valence-corrected chi connectivity index (χ2v) is 5.13. The molecule has 0 aliphatic carbocycles. The third-order valence-electron chi connectivity index (χ3n) is 3.73. The van der Waals surface area contributed by atoms with E-state index in [0.29, 0.717) is 11.2 Å². The van der Waals surface area contributed by atoms with Crippen LogP contribution in [0.2, 0.25) is 5.15 Å². The number of nitrogens with one attached hydrogen (secondary N) is 1. The highest BCUT2D eigenvalue weighted by Crippen LogP contribution is 2.34. The largest absolute Gasteiger partial charge is 0.366 e. The normalized spacial score (nSPS) is 28.5. The van der Waals surface area contributed by atoms with Gasteiger partial charge in [-0.15, -0.1) is 0 Å². The summed E-state index contributed by atoms with van der Waals surface area (Å²) in [5.74, 6) is 0.824. The molecule has 2 aliphatic heterocycles. The Balaban J connectivity index is 1.80. The number of fused-ring (bicyclic) bond motifs is 1. The third kappa shape index (κ3) is 1.59. The lowest BCUT2D eigenvalue weighted by atomic mass is 9.83. The molecule has 1 N–H and O–H groups in total. The summed E-state index contributed by atoms with van der Waals surface area (Å²) in [7, 11) is 0. The average molecular weight is 238 g/mol. The number of hydrogen-bond donors (Lipinski definition) is 1. The van der Waals surface area contributed by atoms with Gasteiger partial charge in [0.15, 0.2) is 0 Å². The summed E-state index contributed by atoms with van der Waals surface area (Å²) in [6, 6.07) is 2.86. The molecule has 2 aliphatic rings. The molecule has 0 aromatic carbocycles. The van der Waals surface area contributed by atoms with Gasteiger partial charge in [0.05, 0.1) is 11.9 Å². The molecule has 0 radical (unpaired) electrons. The molecule has 86 valence electrons. The van der Waals surface area contributed by atoms with Crippen molar-refractivity contribution in [1.29, 1.82) is 0 Å². The van der Waals surface area contributed by atoms with Crippen molar-refractivity contribution in [3.8, 4) is 0 Å². The maximum Gasteiger partial charge on any atom is 0.132 e. The van der Waals surface area contributed by atoms with Crippen LogP contribution in [0.3, 0.4) is 0 Å². The van der Waals surface area contributed by atoms with Gasteiger partial charge in [-0.3, -0.25) is 0 Å². The number of hydrogen-bond acceptors (Lipinski definition) is 3. The SMILES string of the molecule is Cc1cc(N2C[C@@H]3CNCC[C@@H]32)cnc1Cl. The van der Waals surface area contributed by atoms with E-state index in [1.165, 1.54) is 18.7 Å². The quantitative estimate of drug-likeness (QED) is 0.756. The Labute approximate surface area is 101 Å². The molecule has 2 atom stereocenters. The number of aromatic nitrogens is 1. The number of nitrogens with zero attached hydrogens (tertiary/aromatic N) is 2. The van der Waals surface area contributed by atoms with E-state index in [4.69, 9.17) is 11.6 Å². The van der Waals surface area contributed by atoms with E-state index in [-0.39, 0.29) is 0 Å². The van der Waals surface area contributed by atoms with Crippen molar-refractivity contribution in [2.45, 2.75) is 19.4 Å². The molecule has 0 bridgehead atoms. The van der Waals surface area contributed by atoms with Gasteiger partial charge in [-0.1, -0.05) is 11.6 Å². The molecule has 3 nitrogen and oxygen atoms in total. The second-order valence-electron chi connectivity index (χ2n) is 4.77. The fourth-order valence-electron chi connectivity index (χ4n) is 2.75. The summed E-state index contributed by atoms with van der Waals surface area (Å²) in [5.41, 5.74) is 2.29. The molecule has 4 heteroatoms. The van der Waals surface area contributed by atoms with Gasteiger partial charge in [-0.05, 0) is 31.5 Å². The van der Waals surface area contributed by atoms with Crippen molar-refractivity contribution in [2.75, 3.05) is 24.5 Å². The van der Waals surface area contributed by atoms with Gasteiger partial charge >= 0.3 is 0 Å². The average Bonchev–Trinajstić information content (AvgIpc) is 2.25. The van der Waals surface area contributed by atoms with Crippen LogP contribution in [-0.2, 0) is 0 Å². The topological polar surface area (TPSA) is 28.2 Å². The predicted molar refractivity (Wildman–Crippen MR) is 66.1 cm³/mol. The Kier molecular flexibility index (Phi) is 2.52. The number of piperidine rings is 1. The summed E-state index contributed by atoms with van der Waals surface area (Å²) in [6.45, 7) is 5.47. The highest BCUT2D eigenvalue weighted by Gasteiger charge is 2.40. The lowest BCUT2D eigenvalue weighted by Crippen LogP contribution is -2.63. The van der Waals surface area contributed by atoms with Crippen molar-refractivity contribution in [2.24, 2.45) is 5.92 Å². The first-order valence-electron chi connectivity index (χ1n) is 5.85. The molecule has 1 aromatic rings. The van der Waals surface area contributed by atoms with Gasteiger partial charge in [-0.25, -0.2) is 4.98 Å². The summed E-state index contributed by atoms with van der Waals surface area (Å²) in [5, 5.41) is 4.06. The van der Waals surface area contributed by atoms with Crippen LogP contribution in [0.25, 0.3) is 0 Å². The van der Waals surface area contributed by atoms with Crippen molar-refractivity contribution >= 4 is 17.3 Å². The number of rotatable bonds is 1. The Morgan fingerprint density at radius 3 is 3.19 bits per heavy atom. The first-order chi connectivity index (χ1) is 7.75. The highest BCUT2D eigenvalue weighted by molar-refractivity contribution is 6.30. The Hall–Kier alpha value is -0.800. The van der Waals surface area contributed by atoms with Crippen LogP contribution >= 0.6 is 11.6 Å². The molecule has 3 heterocycles. The minimum atomic E-state index is 0.617. The smallest absolute Gasteiger partial charge is 0.132 e.